The van der Waals surface area contributed by atoms with Gasteiger partial charge in [-0.25, -0.2) is 13.1 Å². The SMILES string of the molecule is CS(=O)(=O)C1(n2cccn2)C=CC=CC1. The highest BCUT2D eigenvalue weighted by atomic mass is 32.2. The van der Waals surface area contributed by atoms with Gasteiger partial charge in [-0.05, 0) is 12.1 Å². The first-order valence-electron chi connectivity index (χ1n) is 4.60. The molecule has 0 amide bonds. The van der Waals surface area contributed by atoms with Crippen molar-refractivity contribution < 1.29 is 8.42 Å². The van der Waals surface area contributed by atoms with Crippen LogP contribution < -0.4 is 0 Å². The standard InChI is InChI=1S/C10H12N2O2S/c1-15(13,14)10(6-3-2-4-7-10)12-9-5-8-11-12/h2-6,8-9H,7H2,1H3. The zero-order valence-corrected chi connectivity index (χ0v) is 9.18. The van der Waals surface area contributed by atoms with Crippen LogP contribution in [0.3, 0.4) is 0 Å². The molecule has 1 atom stereocenters. The maximum Gasteiger partial charge on any atom is 0.184 e. The molecule has 0 fully saturated rings. The van der Waals surface area contributed by atoms with Crippen molar-refractivity contribution in [3.05, 3.63) is 42.8 Å². The number of aromatic nitrogens is 2. The van der Waals surface area contributed by atoms with Crippen molar-refractivity contribution in [1.82, 2.24) is 9.78 Å². The van der Waals surface area contributed by atoms with Crippen LogP contribution in [0.1, 0.15) is 6.42 Å². The van der Waals surface area contributed by atoms with E-state index in [0.717, 1.165) is 0 Å². The summed E-state index contributed by atoms with van der Waals surface area (Å²) in [5.74, 6) is 0. The molecule has 4 nitrogen and oxygen atoms in total. The quantitative estimate of drug-likeness (QED) is 0.755. The maximum absolute atomic E-state index is 11.9. The summed E-state index contributed by atoms with van der Waals surface area (Å²) in [7, 11) is -3.25. The van der Waals surface area contributed by atoms with Gasteiger partial charge in [0.05, 0.1) is 0 Å². The molecule has 0 radical (unpaired) electrons. The predicted molar refractivity (Wildman–Crippen MR) is 57.9 cm³/mol. The van der Waals surface area contributed by atoms with Gasteiger partial charge in [-0.2, -0.15) is 5.10 Å². The van der Waals surface area contributed by atoms with E-state index in [0.29, 0.717) is 6.42 Å². The summed E-state index contributed by atoms with van der Waals surface area (Å²) in [4.78, 5) is -1.05. The molecule has 15 heavy (non-hydrogen) atoms. The van der Waals surface area contributed by atoms with Gasteiger partial charge in [0.25, 0.3) is 0 Å². The second-order valence-electron chi connectivity index (χ2n) is 3.56. The minimum absolute atomic E-state index is 0.421. The molecule has 5 heteroatoms. The number of nitrogens with zero attached hydrogens (tertiary/aromatic N) is 2. The zero-order chi connectivity index (χ0) is 10.9. The minimum atomic E-state index is -3.25. The number of allylic oxidation sites excluding steroid dienone is 3. The average molecular weight is 224 g/mol. The van der Waals surface area contributed by atoms with Crippen molar-refractivity contribution >= 4 is 9.84 Å². The van der Waals surface area contributed by atoms with E-state index in [1.54, 1.807) is 30.6 Å². The van der Waals surface area contributed by atoms with Crippen molar-refractivity contribution in [2.75, 3.05) is 6.26 Å². The van der Waals surface area contributed by atoms with Crippen LogP contribution in [0.5, 0.6) is 0 Å². The summed E-state index contributed by atoms with van der Waals surface area (Å²) in [6, 6.07) is 1.72. The Morgan fingerprint density at radius 2 is 2.20 bits per heavy atom. The number of sulfone groups is 1. The van der Waals surface area contributed by atoms with Crippen molar-refractivity contribution in [2.24, 2.45) is 0 Å². The van der Waals surface area contributed by atoms with E-state index in [4.69, 9.17) is 0 Å². The highest BCUT2D eigenvalue weighted by Crippen LogP contribution is 2.31. The first-order chi connectivity index (χ1) is 7.06. The Morgan fingerprint density at radius 3 is 2.67 bits per heavy atom. The first-order valence-corrected chi connectivity index (χ1v) is 6.49. The lowest BCUT2D eigenvalue weighted by Gasteiger charge is -2.29. The molecule has 0 N–H and O–H groups in total. The lowest BCUT2D eigenvalue weighted by Crippen LogP contribution is -2.40. The summed E-state index contributed by atoms with van der Waals surface area (Å²) in [6.07, 6.45) is 12.0. The Labute approximate surface area is 88.8 Å². The Morgan fingerprint density at radius 1 is 1.40 bits per heavy atom. The monoisotopic (exact) mass is 224 g/mol. The largest absolute Gasteiger partial charge is 0.247 e. The van der Waals surface area contributed by atoms with Gasteiger partial charge >= 0.3 is 0 Å². The molecule has 2 rings (SSSR count). The number of rotatable bonds is 2. The van der Waals surface area contributed by atoms with Gasteiger partial charge in [-0.3, -0.25) is 0 Å². The maximum atomic E-state index is 11.9. The molecule has 0 spiro atoms. The third-order valence-corrected chi connectivity index (χ3v) is 4.32. The zero-order valence-electron chi connectivity index (χ0n) is 8.37. The van der Waals surface area contributed by atoms with Gasteiger partial charge in [0.1, 0.15) is 0 Å². The highest BCUT2D eigenvalue weighted by molar-refractivity contribution is 7.91. The molecule has 0 bridgehead atoms. The third-order valence-electron chi connectivity index (χ3n) is 2.55. The third kappa shape index (κ3) is 1.52. The normalized spacial score (nSPS) is 25.7. The predicted octanol–water partition coefficient (Wildman–Crippen LogP) is 1.10. The molecule has 0 saturated heterocycles. The van der Waals surface area contributed by atoms with Crippen LogP contribution >= 0.6 is 0 Å². The molecule has 1 heterocycles. The van der Waals surface area contributed by atoms with Crippen LogP contribution in [0.2, 0.25) is 0 Å². The van der Waals surface area contributed by atoms with Gasteiger partial charge in [0.2, 0.25) is 0 Å². The topological polar surface area (TPSA) is 52.0 Å². The van der Waals surface area contributed by atoms with Gasteiger partial charge in [0.15, 0.2) is 14.7 Å². The molecule has 0 aliphatic heterocycles. The minimum Gasteiger partial charge on any atom is -0.247 e. The van der Waals surface area contributed by atoms with E-state index < -0.39 is 14.7 Å². The summed E-state index contributed by atoms with van der Waals surface area (Å²) in [5.41, 5.74) is 0. The van der Waals surface area contributed by atoms with Crippen LogP contribution in [-0.2, 0) is 14.7 Å². The fourth-order valence-electron chi connectivity index (χ4n) is 1.70. The fraction of sp³-hybridized carbons (Fsp3) is 0.300. The molecule has 1 unspecified atom stereocenters. The van der Waals surface area contributed by atoms with Gasteiger partial charge in [0, 0.05) is 25.1 Å². The van der Waals surface area contributed by atoms with Crippen molar-refractivity contribution in [3.63, 3.8) is 0 Å². The molecule has 80 valence electrons. The smallest absolute Gasteiger partial charge is 0.184 e. The molecule has 1 aromatic rings. The fourth-order valence-corrected chi connectivity index (χ4v) is 2.87. The summed E-state index contributed by atoms with van der Waals surface area (Å²) < 4.78 is 25.2. The van der Waals surface area contributed by atoms with Crippen LogP contribution in [0.4, 0.5) is 0 Å². The highest BCUT2D eigenvalue weighted by Gasteiger charge is 2.40. The summed E-state index contributed by atoms with van der Waals surface area (Å²) in [5, 5.41) is 4.03. The molecular weight excluding hydrogens is 212 g/mol. The van der Waals surface area contributed by atoms with E-state index in [2.05, 4.69) is 5.10 Å². The Hall–Kier alpha value is -1.36. The van der Waals surface area contributed by atoms with Crippen LogP contribution in [0.15, 0.2) is 42.8 Å². The molecular formula is C10H12N2O2S. The lowest BCUT2D eigenvalue weighted by atomic mass is 10.1. The number of hydrogen-bond donors (Lipinski definition) is 0. The number of hydrogen-bond acceptors (Lipinski definition) is 3. The van der Waals surface area contributed by atoms with E-state index in [1.165, 1.54) is 10.9 Å². The lowest BCUT2D eigenvalue weighted by molar-refractivity contribution is 0.442. The van der Waals surface area contributed by atoms with Crippen molar-refractivity contribution in [3.8, 4) is 0 Å². The first kappa shape index (κ1) is 10.2. The molecule has 0 aromatic carbocycles. The molecule has 1 aromatic heterocycles. The molecule has 0 saturated carbocycles. The Balaban J connectivity index is 2.60. The van der Waals surface area contributed by atoms with E-state index in [1.807, 2.05) is 12.2 Å². The second-order valence-corrected chi connectivity index (χ2v) is 5.81. The second kappa shape index (κ2) is 3.34. The Kier molecular flexibility index (Phi) is 2.26. The average Bonchev–Trinajstić information content (AvgIpc) is 2.70. The van der Waals surface area contributed by atoms with Crippen molar-refractivity contribution in [1.29, 1.82) is 0 Å². The van der Waals surface area contributed by atoms with Crippen molar-refractivity contribution in [2.45, 2.75) is 11.3 Å². The summed E-state index contributed by atoms with van der Waals surface area (Å²) >= 11 is 0. The van der Waals surface area contributed by atoms with Crippen LogP contribution in [0, 0.1) is 0 Å². The van der Waals surface area contributed by atoms with Crippen LogP contribution in [0.25, 0.3) is 0 Å². The summed E-state index contributed by atoms with van der Waals surface area (Å²) in [6.45, 7) is 0. The van der Waals surface area contributed by atoms with Gasteiger partial charge in [-0.15, -0.1) is 0 Å². The van der Waals surface area contributed by atoms with Crippen LogP contribution in [-0.4, -0.2) is 24.5 Å². The Bertz CT molecular complexity index is 500. The molecule has 1 aliphatic rings. The van der Waals surface area contributed by atoms with E-state index in [-0.39, 0.29) is 0 Å². The van der Waals surface area contributed by atoms with E-state index >= 15 is 0 Å². The van der Waals surface area contributed by atoms with Gasteiger partial charge in [-0.1, -0.05) is 18.2 Å². The van der Waals surface area contributed by atoms with Gasteiger partial charge < -0.3 is 0 Å². The van der Waals surface area contributed by atoms with E-state index in [9.17, 15) is 8.42 Å². The molecule has 1 aliphatic carbocycles.